The molecule has 12 nitrogen and oxygen atoms in total. The van der Waals surface area contributed by atoms with Crippen molar-refractivity contribution in [2.75, 3.05) is 40.9 Å². The molecule has 1 aromatic rings. The zero-order valence-electron chi connectivity index (χ0n) is 28.6. The summed E-state index contributed by atoms with van der Waals surface area (Å²) < 4.78 is 11.7. The molecule has 1 aromatic carbocycles. The van der Waals surface area contributed by atoms with Crippen LogP contribution in [-0.4, -0.2) is 111 Å². The minimum Gasteiger partial charge on any atom is -0.379 e. The highest BCUT2D eigenvalue weighted by molar-refractivity contribution is 5.89. The third kappa shape index (κ3) is 10.8. The molecule has 7 unspecified atom stereocenters. The fourth-order valence-corrected chi connectivity index (χ4v) is 6.31. The van der Waals surface area contributed by atoms with Gasteiger partial charge in [0.05, 0.1) is 43.2 Å². The van der Waals surface area contributed by atoms with Crippen molar-refractivity contribution in [1.82, 2.24) is 25.8 Å². The van der Waals surface area contributed by atoms with Crippen LogP contribution in [0, 0.1) is 11.8 Å². The molecule has 1 saturated heterocycles. The number of benzene rings is 1. The van der Waals surface area contributed by atoms with Crippen molar-refractivity contribution >= 4 is 30.0 Å². The zero-order valence-corrected chi connectivity index (χ0v) is 28.6. The summed E-state index contributed by atoms with van der Waals surface area (Å²) in [6.45, 7) is 8.62. The van der Waals surface area contributed by atoms with Crippen LogP contribution in [0.5, 0.6) is 0 Å². The Kier molecular flexibility index (Phi) is 16.7. The molecule has 1 aliphatic rings. The summed E-state index contributed by atoms with van der Waals surface area (Å²) in [4.78, 5) is 67.4. The second-order valence-electron chi connectivity index (χ2n) is 12.2. The highest BCUT2D eigenvalue weighted by Gasteiger charge is 2.42. The van der Waals surface area contributed by atoms with Crippen LogP contribution in [0.25, 0.3) is 0 Å². The maximum absolute atomic E-state index is 13.9. The third-order valence-electron chi connectivity index (χ3n) is 9.11. The quantitative estimate of drug-likeness (QED) is 0.184. The number of nitrogens with one attached hydrogen (secondary N) is 3. The molecule has 2 rings (SSSR count). The van der Waals surface area contributed by atoms with E-state index in [2.05, 4.69) is 16.0 Å². The summed E-state index contributed by atoms with van der Waals surface area (Å²) in [6, 6.07) is 8.03. The van der Waals surface area contributed by atoms with E-state index in [4.69, 9.17) is 9.47 Å². The van der Waals surface area contributed by atoms with Crippen LogP contribution in [0.2, 0.25) is 0 Å². The Morgan fingerprint density at radius 2 is 1.76 bits per heavy atom. The van der Waals surface area contributed by atoms with Crippen LogP contribution < -0.4 is 16.0 Å². The van der Waals surface area contributed by atoms with Gasteiger partial charge in [0.25, 0.3) is 0 Å². The molecule has 5 amide bonds. The predicted octanol–water partition coefficient (Wildman–Crippen LogP) is 1.91. The molecule has 0 saturated carbocycles. The Morgan fingerprint density at radius 3 is 2.35 bits per heavy atom. The number of likely N-dealkylation sites (N-methyl/N-ethyl adjacent to an activating group) is 1. The van der Waals surface area contributed by atoms with E-state index in [-0.39, 0.29) is 48.6 Å². The Hall–Kier alpha value is -3.51. The summed E-state index contributed by atoms with van der Waals surface area (Å²) in [5.41, 5.74) is 0.929. The molecule has 0 spiro atoms. The van der Waals surface area contributed by atoms with Gasteiger partial charge in [0, 0.05) is 40.8 Å². The summed E-state index contributed by atoms with van der Waals surface area (Å²) in [5.74, 6) is -1.63. The number of rotatable bonds is 20. The number of ether oxygens (including phenoxy) is 2. The lowest BCUT2D eigenvalue weighted by molar-refractivity contribution is -0.146. The molecule has 46 heavy (non-hydrogen) atoms. The first-order valence-corrected chi connectivity index (χ1v) is 16.4. The van der Waals surface area contributed by atoms with Crippen LogP contribution in [0.1, 0.15) is 65.4 Å². The van der Waals surface area contributed by atoms with E-state index in [1.807, 2.05) is 51.1 Å². The molecule has 7 atom stereocenters. The molecule has 1 heterocycles. The monoisotopic (exact) mass is 645 g/mol. The van der Waals surface area contributed by atoms with E-state index in [1.54, 1.807) is 23.8 Å². The lowest BCUT2D eigenvalue weighted by atomic mass is 9.90. The fraction of sp³-hybridized carbons (Fsp3) is 0.676. The van der Waals surface area contributed by atoms with Crippen molar-refractivity contribution in [3.8, 4) is 0 Å². The maximum Gasteiger partial charge on any atom is 0.242 e. The number of carbonyl (C=O) groups is 5. The van der Waals surface area contributed by atoms with Crippen molar-refractivity contribution < 1.29 is 33.4 Å². The topological polar surface area (TPSA) is 146 Å². The molecule has 1 aliphatic heterocycles. The van der Waals surface area contributed by atoms with E-state index >= 15 is 0 Å². The summed E-state index contributed by atoms with van der Waals surface area (Å²) >= 11 is 0. The number of hydrogen-bond donors (Lipinski definition) is 3. The standard InChI is InChI=1S/C34H55N5O7/c1-8-17-36-34(44)26(19-25-14-11-10-12-15-25)37-33(43)24(4)32(46-7)27-16-13-18-39(27)29(41)20-28(45-6)31(23(3)9-2)38(5)30(42)21-35-22-40/h10-12,14-15,22-24,26-28,31-32H,8-9,13,16-21H2,1-7H3,(H,35,40)(H,36,44)(H,37,43). The Bertz CT molecular complexity index is 1120. The Morgan fingerprint density at radius 1 is 1.07 bits per heavy atom. The summed E-state index contributed by atoms with van der Waals surface area (Å²) in [6.07, 6.45) is 2.61. The van der Waals surface area contributed by atoms with E-state index < -0.39 is 30.2 Å². The highest BCUT2D eigenvalue weighted by atomic mass is 16.5. The van der Waals surface area contributed by atoms with Crippen molar-refractivity contribution in [2.45, 2.75) is 96.6 Å². The first-order valence-electron chi connectivity index (χ1n) is 16.4. The van der Waals surface area contributed by atoms with Gasteiger partial charge in [-0.25, -0.2) is 0 Å². The van der Waals surface area contributed by atoms with Gasteiger partial charge < -0.3 is 35.2 Å². The van der Waals surface area contributed by atoms with Gasteiger partial charge in [0.2, 0.25) is 30.0 Å². The third-order valence-corrected chi connectivity index (χ3v) is 9.11. The molecule has 0 aromatic heterocycles. The first kappa shape index (κ1) is 38.7. The number of carbonyl (C=O) groups excluding carboxylic acids is 5. The van der Waals surface area contributed by atoms with Gasteiger partial charge in [-0.2, -0.15) is 0 Å². The predicted molar refractivity (Wildman–Crippen MR) is 176 cm³/mol. The normalized spacial score (nSPS) is 18.4. The lowest BCUT2D eigenvalue weighted by Crippen LogP contribution is -2.55. The smallest absolute Gasteiger partial charge is 0.242 e. The molecule has 0 radical (unpaired) electrons. The Labute approximate surface area is 274 Å². The maximum atomic E-state index is 13.9. The van der Waals surface area contributed by atoms with Crippen LogP contribution in [0.15, 0.2) is 30.3 Å². The van der Waals surface area contributed by atoms with Crippen molar-refractivity contribution in [2.24, 2.45) is 11.8 Å². The second-order valence-corrected chi connectivity index (χ2v) is 12.2. The van der Waals surface area contributed by atoms with Crippen LogP contribution in [0.4, 0.5) is 0 Å². The molecule has 0 aliphatic carbocycles. The van der Waals surface area contributed by atoms with Crippen molar-refractivity contribution in [3.63, 3.8) is 0 Å². The van der Waals surface area contributed by atoms with Gasteiger partial charge in [-0.3, -0.25) is 24.0 Å². The van der Waals surface area contributed by atoms with Gasteiger partial charge in [-0.1, -0.05) is 64.4 Å². The van der Waals surface area contributed by atoms with Gasteiger partial charge in [0.1, 0.15) is 6.04 Å². The summed E-state index contributed by atoms with van der Waals surface area (Å²) in [7, 11) is 4.73. The van der Waals surface area contributed by atoms with Crippen LogP contribution >= 0.6 is 0 Å². The van der Waals surface area contributed by atoms with Gasteiger partial charge >= 0.3 is 0 Å². The van der Waals surface area contributed by atoms with E-state index in [0.717, 1.165) is 24.8 Å². The van der Waals surface area contributed by atoms with E-state index in [9.17, 15) is 24.0 Å². The fourth-order valence-electron chi connectivity index (χ4n) is 6.31. The average molecular weight is 646 g/mol. The molecule has 3 N–H and O–H groups in total. The van der Waals surface area contributed by atoms with Crippen molar-refractivity contribution in [3.05, 3.63) is 35.9 Å². The zero-order chi connectivity index (χ0) is 34.2. The Balaban J connectivity index is 2.21. The highest BCUT2D eigenvalue weighted by Crippen LogP contribution is 2.29. The average Bonchev–Trinajstić information content (AvgIpc) is 3.55. The SMILES string of the molecule is CCCNC(=O)C(Cc1ccccc1)NC(=O)C(C)C(OC)C1CCCN1C(=O)CC(OC)C(C(C)CC)N(C)C(=O)CNC=O. The van der Waals surface area contributed by atoms with E-state index in [1.165, 1.54) is 14.2 Å². The number of nitrogens with zero attached hydrogens (tertiary/aromatic N) is 2. The number of methoxy groups -OCH3 is 2. The largest absolute Gasteiger partial charge is 0.379 e. The summed E-state index contributed by atoms with van der Waals surface area (Å²) in [5, 5.41) is 8.25. The van der Waals surface area contributed by atoms with Gasteiger partial charge in [-0.05, 0) is 30.7 Å². The molecular formula is C34H55N5O7. The second kappa shape index (κ2) is 19.9. The minimum absolute atomic E-state index is 0.0195. The van der Waals surface area contributed by atoms with Gasteiger partial charge in [-0.15, -0.1) is 0 Å². The number of likely N-dealkylation sites (tertiary alicyclic amines) is 1. The molecule has 1 fully saturated rings. The molecule has 12 heteroatoms. The van der Waals surface area contributed by atoms with Crippen LogP contribution in [0.3, 0.4) is 0 Å². The first-order chi connectivity index (χ1) is 22.0. The lowest BCUT2D eigenvalue weighted by Gasteiger charge is -2.39. The molecule has 258 valence electrons. The van der Waals surface area contributed by atoms with Crippen molar-refractivity contribution in [1.29, 1.82) is 0 Å². The minimum atomic E-state index is -0.760. The number of hydrogen-bond acceptors (Lipinski definition) is 7. The van der Waals surface area contributed by atoms with Gasteiger partial charge in [0.15, 0.2) is 0 Å². The van der Waals surface area contributed by atoms with Crippen LogP contribution in [-0.2, 0) is 39.9 Å². The van der Waals surface area contributed by atoms with E-state index in [0.29, 0.717) is 32.3 Å². The number of amides is 5. The molecule has 0 bridgehead atoms. The molecular weight excluding hydrogens is 590 g/mol.